The summed E-state index contributed by atoms with van der Waals surface area (Å²) >= 11 is 0. The number of aliphatic hydroxyl groups excluding tert-OH is 1. The molecule has 1 heterocycles. The first-order valence-electron chi connectivity index (χ1n) is 15.7. The van der Waals surface area contributed by atoms with E-state index in [1.807, 2.05) is 48.5 Å². The van der Waals surface area contributed by atoms with Crippen LogP contribution < -0.4 is 0 Å². The predicted octanol–water partition coefficient (Wildman–Crippen LogP) is 5.32. The number of ether oxygens (including phenoxy) is 4. The molecule has 252 valence electrons. The van der Waals surface area contributed by atoms with Crippen LogP contribution in [0.25, 0.3) is 21.5 Å². The number of carbonyl (C=O) groups excluding carboxylic acids is 4. The quantitative estimate of drug-likeness (QED) is 0.0316. The van der Waals surface area contributed by atoms with Crippen LogP contribution in [0.2, 0.25) is 0 Å². The molecule has 0 radical (unpaired) electrons. The molecule has 0 spiro atoms. The van der Waals surface area contributed by atoms with Crippen LogP contribution in [-0.2, 0) is 43.0 Å². The minimum Gasteiger partial charge on any atom is -0.469 e. The van der Waals surface area contributed by atoms with Gasteiger partial charge in [-0.3, -0.25) is 14.4 Å². The molecule has 3 aromatic carbocycles. The summed E-state index contributed by atoms with van der Waals surface area (Å²) in [6.07, 6.45) is 1.49. The highest BCUT2D eigenvalue weighted by molar-refractivity contribution is 6.13. The molecule has 4 unspecified atom stereocenters. The first-order chi connectivity index (χ1) is 22.4. The average Bonchev–Trinajstić information content (AvgIpc) is 3.90. The number of fused-ring (bicyclic) bond motifs is 2. The molecule has 0 amide bonds. The van der Waals surface area contributed by atoms with Crippen LogP contribution in [0.15, 0.2) is 59.8 Å². The van der Waals surface area contributed by atoms with Crippen LogP contribution in [0.3, 0.4) is 0 Å². The van der Waals surface area contributed by atoms with Gasteiger partial charge >= 0.3 is 23.9 Å². The summed E-state index contributed by atoms with van der Waals surface area (Å²) in [5, 5.41) is 17.3. The normalized spacial score (nSPS) is 17.1. The van der Waals surface area contributed by atoms with E-state index in [0.717, 1.165) is 27.1 Å². The lowest BCUT2D eigenvalue weighted by Gasteiger charge is -2.32. The van der Waals surface area contributed by atoms with E-state index in [9.17, 15) is 24.3 Å². The Morgan fingerprint density at radius 3 is 2.06 bits per heavy atom. The van der Waals surface area contributed by atoms with Gasteiger partial charge in [0.2, 0.25) is 0 Å². The van der Waals surface area contributed by atoms with E-state index in [2.05, 4.69) is 11.2 Å². The van der Waals surface area contributed by atoms with Crippen LogP contribution >= 0.6 is 0 Å². The molecule has 0 aliphatic carbocycles. The van der Waals surface area contributed by atoms with E-state index < -0.39 is 53.3 Å². The molecule has 0 saturated carbocycles. The molecule has 4 atom stereocenters. The van der Waals surface area contributed by atoms with Crippen molar-refractivity contribution < 1.29 is 48.1 Å². The van der Waals surface area contributed by atoms with Gasteiger partial charge in [0.1, 0.15) is 12.7 Å². The van der Waals surface area contributed by atoms with Gasteiger partial charge in [-0.15, -0.1) is 0 Å². The lowest BCUT2D eigenvalue weighted by Crippen LogP contribution is -2.37. The molecule has 11 heteroatoms. The molecule has 4 rings (SSSR count). The van der Waals surface area contributed by atoms with Gasteiger partial charge in [0.25, 0.3) is 0 Å². The molecule has 0 bridgehead atoms. The maximum absolute atomic E-state index is 13.4. The lowest BCUT2D eigenvalue weighted by molar-refractivity contribution is -0.163. The van der Waals surface area contributed by atoms with Crippen LogP contribution in [-0.4, -0.2) is 68.4 Å². The number of hydrogen-bond acceptors (Lipinski definition) is 11. The molecule has 1 aliphatic heterocycles. The highest BCUT2D eigenvalue weighted by Crippen LogP contribution is 2.38. The van der Waals surface area contributed by atoms with Crippen molar-refractivity contribution in [2.45, 2.75) is 59.5 Å². The highest BCUT2D eigenvalue weighted by atomic mass is 16.7. The molecule has 11 nitrogen and oxygen atoms in total. The zero-order valence-electron chi connectivity index (χ0n) is 27.5. The summed E-state index contributed by atoms with van der Waals surface area (Å²) in [6, 6.07) is 17.8. The average molecular weight is 650 g/mol. The zero-order chi connectivity index (χ0) is 34.2. The second-order valence-corrected chi connectivity index (χ2v) is 12.9. The lowest BCUT2D eigenvalue weighted by atomic mass is 9.73. The predicted molar refractivity (Wildman–Crippen MR) is 174 cm³/mol. The number of hydrogen-bond donors (Lipinski definition) is 1. The topological polar surface area (TPSA) is 150 Å². The van der Waals surface area contributed by atoms with Crippen molar-refractivity contribution in [3.8, 4) is 0 Å². The van der Waals surface area contributed by atoms with Gasteiger partial charge < -0.3 is 28.9 Å². The molecular weight excluding hydrogens is 606 g/mol. The number of nitrogens with zero attached hydrogens (tertiary/aromatic N) is 1. The SMILES string of the molecule is CCC(C)(CC(CC(CC(C)(C)C(=O)O/N=C/c1c2ccccc2cc2ccccc12)C(=O)OCO)C(=O)OCC1CO1)C(=O)OC. The molecule has 47 heavy (non-hydrogen) atoms. The van der Waals surface area contributed by atoms with Gasteiger partial charge in [0.15, 0.2) is 6.79 Å². The molecule has 0 aromatic heterocycles. The largest absolute Gasteiger partial charge is 0.469 e. The molecular formula is C36H43NO10. The van der Waals surface area contributed by atoms with E-state index >= 15 is 0 Å². The van der Waals surface area contributed by atoms with Crippen molar-refractivity contribution in [1.82, 2.24) is 0 Å². The Bertz CT molecular complexity index is 1570. The summed E-state index contributed by atoms with van der Waals surface area (Å²) in [5.74, 6) is -4.60. The van der Waals surface area contributed by atoms with Crippen molar-refractivity contribution in [2.75, 3.05) is 27.1 Å². The van der Waals surface area contributed by atoms with Crippen LogP contribution in [0.5, 0.6) is 0 Å². The first-order valence-corrected chi connectivity index (χ1v) is 15.7. The maximum atomic E-state index is 13.4. The minimum absolute atomic E-state index is 0.0254. The van der Waals surface area contributed by atoms with Gasteiger partial charge in [0.05, 0.1) is 42.6 Å². The zero-order valence-corrected chi connectivity index (χ0v) is 27.5. The Hall–Kier alpha value is -4.35. The summed E-state index contributed by atoms with van der Waals surface area (Å²) in [5.41, 5.74) is -1.53. The fraction of sp³-hybridized carbons (Fsp3) is 0.472. The molecule has 1 N–H and O–H groups in total. The minimum atomic E-state index is -1.27. The van der Waals surface area contributed by atoms with Gasteiger partial charge in [-0.05, 0) is 74.1 Å². The van der Waals surface area contributed by atoms with Crippen molar-refractivity contribution in [1.29, 1.82) is 0 Å². The van der Waals surface area contributed by atoms with Crippen LogP contribution in [0.4, 0.5) is 0 Å². The Kier molecular flexibility index (Phi) is 11.7. The van der Waals surface area contributed by atoms with E-state index in [4.69, 9.17) is 23.8 Å². The van der Waals surface area contributed by atoms with Crippen molar-refractivity contribution >= 4 is 51.6 Å². The van der Waals surface area contributed by atoms with E-state index in [0.29, 0.717) is 13.0 Å². The molecule has 1 saturated heterocycles. The number of benzene rings is 3. The van der Waals surface area contributed by atoms with Crippen molar-refractivity contribution in [3.05, 3.63) is 60.2 Å². The number of oxime groups is 1. The second-order valence-electron chi connectivity index (χ2n) is 12.9. The number of aliphatic hydroxyl groups is 1. The fourth-order valence-electron chi connectivity index (χ4n) is 5.81. The van der Waals surface area contributed by atoms with Crippen LogP contribution in [0, 0.1) is 22.7 Å². The third-order valence-corrected chi connectivity index (χ3v) is 8.85. The van der Waals surface area contributed by atoms with Gasteiger partial charge in [-0.2, -0.15) is 0 Å². The Morgan fingerprint density at radius 1 is 0.936 bits per heavy atom. The monoisotopic (exact) mass is 649 g/mol. The van der Waals surface area contributed by atoms with Crippen LogP contribution in [0.1, 0.15) is 58.9 Å². The molecule has 1 fully saturated rings. The van der Waals surface area contributed by atoms with Crippen molar-refractivity contribution in [3.63, 3.8) is 0 Å². The molecule has 1 aliphatic rings. The standard InChI is InChI=1S/C36H43NO10/c1-6-36(4,34(42)43-5)18-26(31(39)45-21-27-20-44-27)16-25(32(40)46-22-38)17-35(2,3)33(41)47-37-19-30-28-13-9-7-11-23(28)15-24-12-8-10-14-29(24)30/h7-15,19,25-27,38H,6,16-18,20-22H2,1-5H3/b37-19+. The Morgan fingerprint density at radius 2 is 1.51 bits per heavy atom. The van der Waals surface area contributed by atoms with Gasteiger partial charge in [-0.1, -0.05) is 60.6 Å². The van der Waals surface area contributed by atoms with E-state index in [-0.39, 0.29) is 32.0 Å². The molecule has 3 aromatic rings. The Labute approximate surface area is 274 Å². The second kappa shape index (κ2) is 15.5. The Balaban J connectivity index is 1.55. The van der Waals surface area contributed by atoms with Gasteiger partial charge in [0, 0.05) is 5.56 Å². The third-order valence-electron chi connectivity index (χ3n) is 8.85. The number of carbonyl (C=O) groups is 4. The highest BCUT2D eigenvalue weighted by Gasteiger charge is 2.43. The summed E-state index contributed by atoms with van der Waals surface area (Å²) in [6.45, 7) is 6.32. The third kappa shape index (κ3) is 8.93. The van der Waals surface area contributed by atoms with E-state index in [1.165, 1.54) is 13.3 Å². The van der Waals surface area contributed by atoms with E-state index in [1.54, 1.807) is 27.7 Å². The van der Waals surface area contributed by atoms with Gasteiger partial charge in [-0.25, -0.2) is 4.79 Å². The number of methoxy groups -OCH3 is 1. The summed E-state index contributed by atoms with van der Waals surface area (Å²) in [7, 11) is 1.27. The number of esters is 3. The summed E-state index contributed by atoms with van der Waals surface area (Å²) < 4.78 is 20.6. The number of epoxide rings is 1. The number of rotatable bonds is 16. The smallest absolute Gasteiger partial charge is 0.340 e. The van der Waals surface area contributed by atoms with Crippen molar-refractivity contribution in [2.24, 2.45) is 27.8 Å². The maximum Gasteiger partial charge on any atom is 0.340 e. The summed E-state index contributed by atoms with van der Waals surface area (Å²) in [4.78, 5) is 57.9. The fourth-order valence-corrected chi connectivity index (χ4v) is 5.81. The first kappa shape index (κ1) is 35.5.